The predicted molar refractivity (Wildman–Crippen MR) is 94.3 cm³/mol. The summed E-state index contributed by atoms with van der Waals surface area (Å²) in [6.45, 7) is 4.00. The first-order valence-electron chi connectivity index (χ1n) is 8.26. The smallest absolute Gasteiger partial charge is 0.156 e. The maximum Gasteiger partial charge on any atom is 0.156 e. The molecule has 1 N–H and O–H groups in total. The molecule has 1 aliphatic heterocycles. The molecular weight excluding hydrogens is 302 g/mol. The number of nitrogens with zero attached hydrogens (tertiary/aromatic N) is 6. The Morgan fingerprint density at radius 1 is 1.17 bits per heavy atom. The molecule has 0 radical (unpaired) electrons. The number of H-pyrrole nitrogens is 1. The van der Waals surface area contributed by atoms with Gasteiger partial charge in [0.1, 0.15) is 24.0 Å². The Hall–Kier alpha value is -2.70. The lowest BCUT2D eigenvalue weighted by Crippen LogP contribution is -2.44. The zero-order valence-electron chi connectivity index (χ0n) is 14.0. The molecule has 24 heavy (non-hydrogen) atoms. The first-order valence-corrected chi connectivity index (χ1v) is 8.26. The first-order chi connectivity index (χ1) is 11.7. The lowest BCUT2D eigenvalue weighted by Gasteiger charge is -2.37. The van der Waals surface area contributed by atoms with E-state index < -0.39 is 0 Å². The molecule has 0 aliphatic carbocycles. The van der Waals surface area contributed by atoms with Crippen LogP contribution in [0.3, 0.4) is 0 Å². The molecule has 0 amide bonds. The number of aryl methyl sites for hydroxylation is 1. The molecular formula is C17H21N7. The maximum absolute atomic E-state index is 4.52. The van der Waals surface area contributed by atoms with Crippen LogP contribution < -0.4 is 9.80 Å². The van der Waals surface area contributed by atoms with Crippen molar-refractivity contribution in [2.45, 2.75) is 25.8 Å². The number of fused-ring (bicyclic) bond motifs is 1. The number of nitrogens with one attached hydrogen (secondary N) is 1. The summed E-state index contributed by atoms with van der Waals surface area (Å²) >= 11 is 0. The monoisotopic (exact) mass is 323 g/mol. The quantitative estimate of drug-likeness (QED) is 0.796. The van der Waals surface area contributed by atoms with E-state index in [0.717, 1.165) is 54.3 Å². The minimum atomic E-state index is 0.485. The summed E-state index contributed by atoms with van der Waals surface area (Å²) in [5.41, 5.74) is 3.14. The normalized spacial score (nSPS) is 15.8. The number of piperidine rings is 1. The van der Waals surface area contributed by atoms with Gasteiger partial charge < -0.3 is 14.8 Å². The van der Waals surface area contributed by atoms with E-state index in [0.29, 0.717) is 6.04 Å². The molecule has 1 aliphatic rings. The summed E-state index contributed by atoms with van der Waals surface area (Å²) in [6.07, 6.45) is 7.20. The van der Waals surface area contributed by atoms with E-state index in [4.69, 9.17) is 0 Å². The number of hydrogen-bond acceptors (Lipinski definition) is 6. The van der Waals surface area contributed by atoms with Crippen LogP contribution in [0.2, 0.25) is 0 Å². The molecule has 3 aromatic heterocycles. The van der Waals surface area contributed by atoms with Crippen LogP contribution in [0, 0.1) is 6.92 Å². The van der Waals surface area contributed by atoms with Gasteiger partial charge in [-0.3, -0.25) is 0 Å². The topological polar surface area (TPSA) is 73.8 Å². The van der Waals surface area contributed by atoms with Gasteiger partial charge in [0.05, 0.1) is 5.52 Å². The van der Waals surface area contributed by atoms with Crippen LogP contribution in [0.4, 0.5) is 11.6 Å². The molecule has 0 bridgehead atoms. The van der Waals surface area contributed by atoms with Crippen LogP contribution in [0.1, 0.15) is 18.5 Å². The van der Waals surface area contributed by atoms with Crippen LogP contribution in [0.15, 0.2) is 31.0 Å². The van der Waals surface area contributed by atoms with Gasteiger partial charge in [0.2, 0.25) is 0 Å². The van der Waals surface area contributed by atoms with Crippen LogP contribution >= 0.6 is 0 Å². The minimum Gasteiger partial charge on any atom is -0.356 e. The fraction of sp³-hybridized carbons (Fsp3) is 0.412. The third-order valence-corrected chi connectivity index (χ3v) is 4.77. The summed E-state index contributed by atoms with van der Waals surface area (Å²) in [6, 6.07) is 4.51. The second-order valence-electron chi connectivity index (χ2n) is 6.31. The van der Waals surface area contributed by atoms with Gasteiger partial charge in [-0.05, 0) is 31.9 Å². The molecule has 0 spiro atoms. The molecule has 0 aromatic carbocycles. The van der Waals surface area contributed by atoms with E-state index in [1.165, 1.54) is 0 Å². The van der Waals surface area contributed by atoms with E-state index in [-0.39, 0.29) is 0 Å². The zero-order valence-corrected chi connectivity index (χ0v) is 14.0. The molecule has 0 unspecified atom stereocenters. The van der Waals surface area contributed by atoms with E-state index in [1.807, 2.05) is 13.0 Å². The second-order valence-corrected chi connectivity index (χ2v) is 6.31. The van der Waals surface area contributed by atoms with Gasteiger partial charge in [-0.1, -0.05) is 0 Å². The van der Waals surface area contributed by atoms with Crippen molar-refractivity contribution in [1.29, 1.82) is 0 Å². The molecule has 0 saturated carbocycles. The standard InChI is InChI=1S/C17H21N7/c1-12-9-14-16(22-12)17(21-11-19-14)24-7-4-13(5-8-24)23(2)15-3-6-18-10-20-15/h3,6,9-11,13,22H,4-5,7-8H2,1-2H3. The lowest BCUT2D eigenvalue weighted by atomic mass is 10.0. The summed E-state index contributed by atoms with van der Waals surface area (Å²) in [5, 5.41) is 0. The minimum absolute atomic E-state index is 0.485. The van der Waals surface area contributed by atoms with Crippen molar-refractivity contribution in [2.24, 2.45) is 0 Å². The van der Waals surface area contributed by atoms with Crippen molar-refractivity contribution in [3.8, 4) is 0 Å². The highest BCUT2D eigenvalue weighted by Crippen LogP contribution is 2.27. The van der Waals surface area contributed by atoms with Crippen molar-refractivity contribution >= 4 is 22.7 Å². The Morgan fingerprint density at radius 3 is 2.75 bits per heavy atom. The fourth-order valence-electron chi connectivity index (χ4n) is 3.44. The highest BCUT2D eigenvalue weighted by atomic mass is 15.2. The van der Waals surface area contributed by atoms with Gasteiger partial charge in [-0.15, -0.1) is 0 Å². The summed E-state index contributed by atoms with van der Waals surface area (Å²) < 4.78 is 0. The number of anilines is 2. The maximum atomic E-state index is 4.52. The van der Waals surface area contributed by atoms with E-state index in [9.17, 15) is 0 Å². The molecule has 7 heteroatoms. The molecule has 3 aromatic rings. The predicted octanol–water partition coefficient (Wildman–Crippen LogP) is 2.16. The van der Waals surface area contributed by atoms with Crippen LogP contribution in [-0.2, 0) is 0 Å². The third kappa shape index (κ3) is 2.66. The third-order valence-electron chi connectivity index (χ3n) is 4.77. The summed E-state index contributed by atoms with van der Waals surface area (Å²) in [7, 11) is 2.11. The summed E-state index contributed by atoms with van der Waals surface area (Å²) in [5.74, 6) is 1.99. The zero-order chi connectivity index (χ0) is 16.5. The Kier molecular flexibility index (Phi) is 3.76. The number of aromatic amines is 1. The number of aromatic nitrogens is 5. The van der Waals surface area contributed by atoms with Gasteiger partial charge in [0, 0.05) is 38.1 Å². The molecule has 1 fully saturated rings. The van der Waals surface area contributed by atoms with E-state index in [2.05, 4.69) is 47.8 Å². The fourth-order valence-corrected chi connectivity index (χ4v) is 3.44. The van der Waals surface area contributed by atoms with Gasteiger partial charge in [-0.25, -0.2) is 19.9 Å². The molecule has 4 heterocycles. The van der Waals surface area contributed by atoms with Gasteiger partial charge in [0.25, 0.3) is 0 Å². The highest BCUT2D eigenvalue weighted by Gasteiger charge is 2.25. The highest BCUT2D eigenvalue weighted by molar-refractivity contribution is 5.86. The van der Waals surface area contributed by atoms with E-state index >= 15 is 0 Å². The van der Waals surface area contributed by atoms with Crippen molar-refractivity contribution in [1.82, 2.24) is 24.9 Å². The van der Waals surface area contributed by atoms with Gasteiger partial charge in [0.15, 0.2) is 5.82 Å². The summed E-state index contributed by atoms with van der Waals surface area (Å²) in [4.78, 5) is 25.2. The molecule has 124 valence electrons. The number of hydrogen-bond donors (Lipinski definition) is 1. The SMILES string of the molecule is Cc1cc2ncnc(N3CCC(N(C)c4ccncn4)CC3)c2[nH]1. The van der Waals surface area contributed by atoms with Gasteiger partial charge in [-0.2, -0.15) is 0 Å². The van der Waals surface area contributed by atoms with E-state index in [1.54, 1.807) is 18.9 Å². The largest absolute Gasteiger partial charge is 0.356 e. The molecule has 1 saturated heterocycles. The lowest BCUT2D eigenvalue weighted by molar-refractivity contribution is 0.478. The average Bonchev–Trinajstić information content (AvgIpc) is 3.02. The van der Waals surface area contributed by atoms with Crippen LogP contribution in [-0.4, -0.2) is 51.1 Å². The average molecular weight is 323 g/mol. The van der Waals surface area contributed by atoms with Crippen molar-refractivity contribution in [3.05, 3.63) is 36.7 Å². The van der Waals surface area contributed by atoms with Crippen molar-refractivity contribution in [3.63, 3.8) is 0 Å². The Morgan fingerprint density at radius 2 is 2.00 bits per heavy atom. The first kappa shape index (κ1) is 14.9. The second kappa shape index (κ2) is 6.07. The number of rotatable bonds is 3. The molecule has 0 atom stereocenters. The van der Waals surface area contributed by atoms with Crippen molar-refractivity contribution < 1.29 is 0 Å². The van der Waals surface area contributed by atoms with Crippen molar-refractivity contribution in [2.75, 3.05) is 29.9 Å². The molecule has 4 rings (SSSR count). The van der Waals surface area contributed by atoms with Gasteiger partial charge >= 0.3 is 0 Å². The van der Waals surface area contributed by atoms with Crippen LogP contribution in [0.25, 0.3) is 11.0 Å². The molecule has 7 nitrogen and oxygen atoms in total. The Balaban J connectivity index is 1.49. The Bertz CT molecular complexity index is 821. The van der Waals surface area contributed by atoms with Crippen LogP contribution in [0.5, 0.6) is 0 Å². The Labute approximate surface area is 140 Å².